The molecule has 0 unspecified atom stereocenters. The van der Waals surface area contributed by atoms with Crippen LogP contribution in [0.1, 0.15) is 54.2 Å². The number of H-pyrrole nitrogens is 1. The Kier molecular flexibility index (Phi) is 6.90. The number of piperazine rings is 1. The molecule has 12 nitrogen and oxygen atoms in total. The molecule has 0 saturated carbocycles. The molecular weight excluding hydrogens is 540 g/mol. The van der Waals surface area contributed by atoms with Gasteiger partial charge in [-0.1, -0.05) is 35.5 Å². The van der Waals surface area contributed by atoms with Gasteiger partial charge in [0.1, 0.15) is 24.9 Å². The van der Waals surface area contributed by atoms with Crippen LogP contribution in [0.3, 0.4) is 0 Å². The van der Waals surface area contributed by atoms with Crippen LogP contribution in [-0.4, -0.2) is 79.5 Å². The molecule has 0 spiro atoms. The Labute approximate surface area is 241 Å². The number of benzene rings is 2. The molecule has 4 aromatic rings. The minimum atomic E-state index is -0.668. The zero-order valence-corrected chi connectivity index (χ0v) is 23.1. The number of ether oxygens (including phenoxy) is 2. The summed E-state index contributed by atoms with van der Waals surface area (Å²) in [5.41, 5.74) is 4.31. The first-order valence-corrected chi connectivity index (χ1v) is 14.3. The monoisotopic (exact) mass is 572 g/mol. The van der Waals surface area contributed by atoms with Crippen molar-refractivity contribution in [1.29, 1.82) is 0 Å². The number of unbranched alkanes of at least 4 members (excludes halogenated alkanes) is 3. The summed E-state index contributed by atoms with van der Waals surface area (Å²) in [7, 11) is 0. The normalized spacial score (nSPS) is 19.4. The van der Waals surface area contributed by atoms with Crippen LogP contribution in [0, 0.1) is 0 Å². The highest BCUT2D eigenvalue weighted by atomic mass is 16.7. The van der Waals surface area contributed by atoms with Crippen molar-refractivity contribution in [3.8, 4) is 11.5 Å². The number of para-hydroxylation sites is 1. The second-order valence-electron chi connectivity index (χ2n) is 10.9. The van der Waals surface area contributed by atoms with E-state index in [0.29, 0.717) is 30.2 Å². The average Bonchev–Trinajstić information content (AvgIpc) is 3.74. The molecule has 2 atom stereocenters. The lowest BCUT2D eigenvalue weighted by atomic mass is 9.86. The Bertz CT molecular complexity index is 1630. The van der Waals surface area contributed by atoms with Crippen molar-refractivity contribution in [2.75, 3.05) is 26.6 Å². The zero-order chi connectivity index (χ0) is 28.6. The molecule has 0 bridgehead atoms. The van der Waals surface area contributed by atoms with Gasteiger partial charge in [0.05, 0.1) is 18.8 Å². The fourth-order valence-corrected chi connectivity index (χ4v) is 6.22. The lowest BCUT2D eigenvalue weighted by Gasteiger charge is -2.47. The Morgan fingerprint density at radius 1 is 1.05 bits per heavy atom. The van der Waals surface area contributed by atoms with E-state index in [0.717, 1.165) is 53.4 Å². The highest BCUT2D eigenvalue weighted by molar-refractivity contribution is 5.97. The maximum atomic E-state index is 14.0. The number of nitrogens with zero attached hydrogens (tertiary/aromatic N) is 5. The standard InChI is InChI=1S/C30H32N6O6/c37-11-5-1-2-6-12-42-35-16-20(32-33-35)15-34-17-27(38)36-24(30(34)39)14-22-21-7-3-4-8-23(21)31-28(22)29(36)19-9-10-25-26(13-19)41-18-40-25/h3-4,7-10,13,16,24,29,31,37H,1-2,5-6,11-12,14-15,17-18H2/t24-,29-/m1/s1. The van der Waals surface area contributed by atoms with Gasteiger partial charge in [-0.3, -0.25) is 9.59 Å². The lowest BCUT2D eigenvalue weighted by molar-refractivity contribution is -0.159. The fourth-order valence-electron chi connectivity index (χ4n) is 6.22. The topological polar surface area (TPSA) is 135 Å². The van der Waals surface area contributed by atoms with Crippen molar-refractivity contribution in [3.05, 3.63) is 71.2 Å². The van der Waals surface area contributed by atoms with Gasteiger partial charge in [-0.05, 0) is 53.8 Å². The van der Waals surface area contributed by atoms with Gasteiger partial charge in [0, 0.05) is 29.6 Å². The number of hydrogen-bond donors (Lipinski definition) is 2. The minimum Gasteiger partial charge on any atom is -0.454 e. The molecule has 5 heterocycles. The van der Waals surface area contributed by atoms with Crippen molar-refractivity contribution in [3.63, 3.8) is 0 Å². The average molecular weight is 573 g/mol. The molecule has 2 N–H and O–H groups in total. The number of aromatic nitrogens is 4. The van der Waals surface area contributed by atoms with Crippen LogP contribution in [0.15, 0.2) is 48.7 Å². The van der Waals surface area contributed by atoms with Gasteiger partial charge in [0.15, 0.2) is 11.5 Å². The molecule has 3 aliphatic heterocycles. The minimum absolute atomic E-state index is 0.0650. The lowest BCUT2D eigenvalue weighted by Crippen LogP contribution is -2.62. The number of carbonyl (C=O) groups excluding carboxylic acids is 2. The molecule has 1 saturated heterocycles. The number of hydrogen-bond acceptors (Lipinski definition) is 8. The summed E-state index contributed by atoms with van der Waals surface area (Å²) in [5, 5.41) is 18.1. The van der Waals surface area contributed by atoms with Gasteiger partial charge < -0.3 is 34.2 Å². The van der Waals surface area contributed by atoms with E-state index in [1.165, 1.54) is 4.85 Å². The molecule has 2 aromatic heterocycles. The Morgan fingerprint density at radius 2 is 1.90 bits per heavy atom. The van der Waals surface area contributed by atoms with Gasteiger partial charge in [-0.15, -0.1) is 5.10 Å². The maximum absolute atomic E-state index is 14.0. The highest BCUT2D eigenvalue weighted by Crippen LogP contribution is 2.45. The van der Waals surface area contributed by atoms with Crippen LogP contribution in [0.25, 0.3) is 10.9 Å². The molecule has 218 valence electrons. The van der Waals surface area contributed by atoms with E-state index < -0.39 is 12.1 Å². The van der Waals surface area contributed by atoms with E-state index in [9.17, 15) is 9.59 Å². The first kappa shape index (κ1) is 26.3. The van der Waals surface area contributed by atoms with Gasteiger partial charge in [-0.25, -0.2) is 0 Å². The molecule has 1 fully saturated rings. The first-order chi connectivity index (χ1) is 20.6. The molecule has 0 aliphatic carbocycles. The first-order valence-electron chi connectivity index (χ1n) is 14.3. The molecular formula is C30H32N6O6. The van der Waals surface area contributed by atoms with Crippen LogP contribution in [-0.2, 0) is 22.6 Å². The van der Waals surface area contributed by atoms with E-state index in [2.05, 4.69) is 21.4 Å². The van der Waals surface area contributed by atoms with Crippen LogP contribution in [0.4, 0.5) is 0 Å². The number of aliphatic hydroxyl groups is 1. The highest BCUT2D eigenvalue weighted by Gasteiger charge is 2.48. The predicted octanol–water partition coefficient (Wildman–Crippen LogP) is 2.35. The van der Waals surface area contributed by atoms with Crippen molar-refractivity contribution in [1.82, 2.24) is 29.9 Å². The van der Waals surface area contributed by atoms with Crippen LogP contribution in [0.2, 0.25) is 0 Å². The van der Waals surface area contributed by atoms with E-state index in [4.69, 9.17) is 19.4 Å². The van der Waals surface area contributed by atoms with Gasteiger partial charge >= 0.3 is 0 Å². The second-order valence-corrected chi connectivity index (χ2v) is 10.9. The van der Waals surface area contributed by atoms with Crippen LogP contribution >= 0.6 is 0 Å². The summed E-state index contributed by atoms with van der Waals surface area (Å²) >= 11 is 0. The van der Waals surface area contributed by atoms with Gasteiger partial charge in [-0.2, -0.15) is 0 Å². The van der Waals surface area contributed by atoms with Crippen LogP contribution < -0.4 is 14.3 Å². The van der Waals surface area contributed by atoms with E-state index in [1.54, 1.807) is 16.0 Å². The number of aromatic amines is 1. The third kappa shape index (κ3) is 4.71. The summed E-state index contributed by atoms with van der Waals surface area (Å²) < 4.78 is 11.2. The van der Waals surface area contributed by atoms with E-state index in [-0.39, 0.29) is 38.3 Å². The SMILES string of the molecule is O=C1[C@H]2Cc3c([nH]c4ccccc34)[C@@H](c3ccc4c(c3)OCO4)N2C(=O)CN1Cc1cn(OCCCCCCO)nn1. The number of amides is 2. The number of aliphatic hydroxyl groups excluding tert-OH is 1. The predicted molar refractivity (Wildman–Crippen MR) is 149 cm³/mol. The third-order valence-electron chi connectivity index (χ3n) is 8.20. The molecule has 0 radical (unpaired) electrons. The summed E-state index contributed by atoms with van der Waals surface area (Å²) in [6.45, 7) is 0.918. The summed E-state index contributed by atoms with van der Waals surface area (Å²) in [6, 6.07) is 12.6. The molecule has 42 heavy (non-hydrogen) atoms. The second kappa shape index (κ2) is 11.0. The number of carbonyl (C=O) groups is 2. The fraction of sp³-hybridized carbons (Fsp3) is 0.400. The van der Waals surface area contributed by atoms with Gasteiger partial charge in [0.25, 0.3) is 0 Å². The molecule has 2 amide bonds. The van der Waals surface area contributed by atoms with Crippen molar-refractivity contribution in [2.24, 2.45) is 0 Å². The van der Waals surface area contributed by atoms with Crippen LogP contribution in [0.5, 0.6) is 11.5 Å². The number of nitrogens with one attached hydrogen (secondary N) is 1. The Balaban J connectivity index is 1.14. The van der Waals surface area contributed by atoms with Crippen molar-refractivity contribution in [2.45, 2.75) is 50.7 Å². The molecule has 7 rings (SSSR count). The number of rotatable bonds is 10. The Morgan fingerprint density at radius 3 is 2.81 bits per heavy atom. The smallest absolute Gasteiger partial charge is 0.246 e. The van der Waals surface area contributed by atoms with E-state index in [1.807, 2.05) is 36.4 Å². The summed E-state index contributed by atoms with van der Waals surface area (Å²) in [4.78, 5) is 41.6. The third-order valence-corrected chi connectivity index (χ3v) is 8.20. The number of fused-ring (bicyclic) bond motifs is 5. The maximum Gasteiger partial charge on any atom is 0.246 e. The largest absolute Gasteiger partial charge is 0.454 e. The van der Waals surface area contributed by atoms with Gasteiger partial charge in [0.2, 0.25) is 18.6 Å². The summed E-state index contributed by atoms with van der Waals surface area (Å²) in [6.07, 6.45) is 5.58. The molecule has 3 aliphatic rings. The Hall–Kier alpha value is -4.58. The van der Waals surface area contributed by atoms with Crippen molar-refractivity contribution >= 4 is 22.7 Å². The zero-order valence-electron chi connectivity index (χ0n) is 23.1. The quantitative estimate of drug-likeness (QED) is 0.277. The van der Waals surface area contributed by atoms with Crippen molar-refractivity contribution < 1.29 is 29.0 Å². The summed E-state index contributed by atoms with van der Waals surface area (Å²) in [5.74, 6) is 1.02. The van der Waals surface area contributed by atoms with E-state index >= 15 is 0 Å². The molecule has 12 heteroatoms. The molecule has 2 aromatic carbocycles.